The van der Waals surface area contributed by atoms with Crippen LogP contribution in [0.1, 0.15) is 15.9 Å². The topological polar surface area (TPSA) is 67.5 Å². The first-order valence-corrected chi connectivity index (χ1v) is 7.29. The minimum absolute atomic E-state index is 0.146. The quantitative estimate of drug-likeness (QED) is 0.670. The molecule has 0 aliphatic rings. The highest BCUT2D eigenvalue weighted by atomic mass is 35.5. The van der Waals surface area contributed by atoms with Gasteiger partial charge in [0, 0.05) is 19.2 Å². The largest absolute Gasteiger partial charge is 0.619 e. The fourth-order valence-electron chi connectivity index (χ4n) is 2.00. The van der Waals surface area contributed by atoms with Crippen LogP contribution in [0.4, 0.5) is 0 Å². The standard InChI is InChI=1S/C15H14Cl2N2O3/c16-13-4-3-11(8-14(13)17)9-18(6-7-20)15(21)12-2-1-5-19(22)10-12/h1-5,8,10,20H,6-7,9H2. The van der Waals surface area contributed by atoms with Gasteiger partial charge in [-0.1, -0.05) is 29.3 Å². The molecule has 0 aliphatic carbocycles. The Hall–Kier alpha value is -1.82. The number of aliphatic hydroxyl groups is 1. The van der Waals surface area contributed by atoms with Crippen molar-refractivity contribution in [3.05, 3.63) is 69.1 Å². The highest BCUT2D eigenvalue weighted by molar-refractivity contribution is 6.42. The summed E-state index contributed by atoms with van der Waals surface area (Å²) in [5.74, 6) is -0.342. The number of hydrogen-bond donors (Lipinski definition) is 1. The van der Waals surface area contributed by atoms with Crippen LogP contribution in [-0.2, 0) is 6.54 Å². The van der Waals surface area contributed by atoms with Crippen LogP contribution in [0.5, 0.6) is 0 Å². The van der Waals surface area contributed by atoms with E-state index in [9.17, 15) is 10.0 Å². The van der Waals surface area contributed by atoms with E-state index in [-0.39, 0.29) is 31.2 Å². The van der Waals surface area contributed by atoms with Crippen LogP contribution in [0.25, 0.3) is 0 Å². The number of amides is 1. The van der Waals surface area contributed by atoms with Crippen molar-refractivity contribution < 1.29 is 14.6 Å². The van der Waals surface area contributed by atoms with Crippen molar-refractivity contribution in [2.24, 2.45) is 0 Å². The van der Waals surface area contributed by atoms with Crippen molar-refractivity contribution in [3.8, 4) is 0 Å². The lowest BCUT2D eigenvalue weighted by Crippen LogP contribution is -2.35. The molecule has 0 spiro atoms. The Morgan fingerprint density at radius 2 is 2.05 bits per heavy atom. The molecule has 22 heavy (non-hydrogen) atoms. The second kappa shape index (κ2) is 7.45. The van der Waals surface area contributed by atoms with Gasteiger partial charge in [0.15, 0.2) is 12.4 Å². The van der Waals surface area contributed by atoms with Gasteiger partial charge in [0.1, 0.15) is 5.56 Å². The molecular formula is C15H14Cl2N2O3. The van der Waals surface area contributed by atoms with E-state index in [2.05, 4.69) is 0 Å². The number of pyridine rings is 1. The fraction of sp³-hybridized carbons (Fsp3) is 0.200. The SMILES string of the molecule is O=C(c1ccc[n+]([O-])c1)N(CCO)Cc1ccc(Cl)c(Cl)c1. The zero-order valence-corrected chi connectivity index (χ0v) is 13.1. The summed E-state index contributed by atoms with van der Waals surface area (Å²) in [5.41, 5.74) is 1.04. The molecule has 2 rings (SSSR count). The van der Waals surface area contributed by atoms with Crippen LogP contribution in [-0.4, -0.2) is 29.1 Å². The van der Waals surface area contributed by atoms with Gasteiger partial charge >= 0.3 is 0 Å². The molecule has 1 N–H and O–H groups in total. The number of carbonyl (C=O) groups is 1. The van der Waals surface area contributed by atoms with Crippen molar-refractivity contribution in [3.63, 3.8) is 0 Å². The van der Waals surface area contributed by atoms with E-state index in [1.807, 2.05) is 0 Å². The number of halogens is 2. The Bertz CT molecular complexity index is 680. The maximum atomic E-state index is 12.4. The van der Waals surface area contributed by atoms with Gasteiger partial charge in [-0.25, -0.2) is 0 Å². The van der Waals surface area contributed by atoms with E-state index in [1.165, 1.54) is 23.4 Å². The Balaban J connectivity index is 2.22. The maximum Gasteiger partial charge on any atom is 0.260 e. The predicted octanol–water partition coefficient (Wildman–Crippen LogP) is 2.26. The van der Waals surface area contributed by atoms with E-state index in [1.54, 1.807) is 24.3 Å². The molecule has 0 radical (unpaired) electrons. The smallest absolute Gasteiger partial charge is 0.260 e. The van der Waals surface area contributed by atoms with Crippen LogP contribution in [0.2, 0.25) is 10.0 Å². The Labute approximate surface area is 137 Å². The summed E-state index contributed by atoms with van der Waals surface area (Å²) in [6.45, 7) is 0.216. The van der Waals surface area contributed by atoms with Gasteiger partial charge < -0.3 is 15.2 Å². The summed E-state index contributed by atoms with van der Waals surface area (Å²) >= 11 is 11.8. The Morgan fingerprint density at radius 1 is 1.27 bits per heavy atom. The predicted molar refractivity (Wildman–Crippen MR) is 83.7 cm³/mol. The molecule has 116 valence electrons. The minimum atomic E-state index is -0.342. The van der Waals surface area contributed by atoms with Crippen molar-refractivity contribution in [1.29, 1.82) is 0 Å². The fourth-order valence-corrected chi connectivity index (χ4v) is 2.32. The molecule has 2 aromatic rings. The second-order valence-corrected chi connectivity index (χ2v) is 5.47. The summed E-state index contributed by atoms with van der Waals surface area (Å²) in [5, 5.41) is 21.3. The van der Waals surface area contributed by atoms with Crippen LogP contribution >= 0.6 is 23.2 Å². The average molecular weight is 341 g/mol. The molecule has 0 saturated heterocycles. The van der Waals surface area contributed by atoms with Crippen LogP contribution in [0.3, 0.4) is 0 Å². The van der Waals surface area contributed by atoms with Crippen molar-refractivity contribution in [1.82, 2.24) is 4.90 Å². The number of rotatable bonds is 5. The third-order valence-corrected chi connectivity index (χ3v) is 3.78. The van der Waals surface area contributed by atoms with E-state index in [4.69, 9.17) is 28.3 Å². The maximum absolute atomic E-state index is 12.4. The van der Waals surface area contributed by atoms with E-state index < -0.39 is 0 Å². The molecule has 1 aromatic heterocycles. The van der Waals surface area contributed by atoms with E-state index in [0.29, 0.717) is 14.8 Å². The number of aromatic nitrogens is 1. The molecule has 5 nitrogen and oxygen atoms in total. The molecule has 7 heteroatoms. The highest BCUT2D eigenvalue weighted by Gasteiger charge is 2.18. The third-order valence-electron chi connectivity index (χ3n) is 3.04. The Morgan fingerprint density at radius 3 is 2.68 bits per heavy atom. The van der Waals surface area contributed by atoms with Gasteiger partial charge in [-0.3, -0.25) is 4.79 Å². The number of carbonyl (C=O) groups excluding carboxylic acids is 1. The molecule has 0 bridgehead atoms. The number of hydrogen-bond acceptors (Lipinski definition) is 3. The third kappa shape index (κ3) is 4.10. The molecule has 0 aliphatic heterocycles. The average Bonchev–Trinajstić information content (AvgIpc) is 2.50. The molecular weight excluding hydrogens is 327 g/mol. The number of benzene rings is 1. The van der Waals surface area contributed by atoms with Gasteiger partial charge in [-0.2, -0.15) is 4.73 Å². The second-order valence-electron chi connectivity index (χ2n) is 4.65. The molecule has 0 fully saturated rings. The van der Waals surface area contributed by atoms with Crippen molar-refractivity contribution in [2.45, 2.75) is 6.54 Å². The zero-order valence-electron chi connectivity index (χ0n) is 11.6. The van der Waals surface area contributed by atoms with Gasteiger partial charge in [0.2, 0.25) is 0 Å². The molecule has 0 atom stereocenters. The van der Waals surface area contributed by atoms with Crippen molar-refractivity contribution >= 4 is 29.1 Å². The van der Waals surface area contributed by atoms with Gasteiger partial charge in [-0.15, -0.1) is 0 Å². The first kappa shape index (κ1) is 16.5. The minimum Gasteiger partial charge on any atom is -0.619 e. The summed E-state index contributed by atoms with van der Waals surface area (Å²) in [6, 6.07) is 8.12. The first-order valence-electron chi connectivity index (χ1n) is 6.54. The van der Waals surface area contributed by atoms with Crippen LogP contribution in [0.15, 0.2) is 42.7 Å². The monoisotopic (exact) mass is 340 g/mol. The van der Waals surface area contributed by atoms with Crippen LogP contribution in [0, 0.1) is 5.21 Å². The molecule has 1 heterocycles. The summed E-state index contributed by atoms with van der Waals surface area (Å²) < 4.78 is 0.559. The van der Waals surface area contributed by atoms with Gasteiger partial charge in [0.05, 0.1) is 16.7 Å². The van der Waals surface area contributed by atoms with E-state index >= 15 is 0 Å². The molecule has 0 unspecified atom stereocenters. The lowest BCUT2D eigenvalue weighted by atomic mass is 10.2. The number of nitrogens with zero attached hydrogens (tertiary/aromatic N) is 2. The molecule has 1 aromatic carbocycles. The number of aliphatic hydroxyl groups excluding tert-OH is 1. The lowest BCUT2D eigenvalue weighted by molar-refractivity contribution is -0.605. The van der Waals surface area contributed by atoms with Crippen molar-refractivity contribution in [2.75, 3.05) is 13.2 Å². The summed E-state index contributed by atoms with van der Waals surface area (Å²) in [6.07, 6.45) is 2.49. The summed E-state index contributed by atoms with van der Waals surface area (Å²) in [7, 11) is 0. The molecule has 0 saturated carbocycles. The summed E-state index contributed by atoms with van der Waals surface area (Å²) in [4.78, 5) is 13.9. The lowest BCUT2D eigenvalue weighted by Gasteiger charge is -2.21. The van der Waals surface area contributed by atoms with Gasteiger partial charge in [-0.05, 0) is 23.8 Å². The molecule has 1 amide bonds. The van der Waals surface area contributed by atoms with Crippen LogP contribution < -0.4 is 4.73 Å². The first-order chi connectivity index (χ1) is 10.5. The zero-order chi connectivity index (χ0) is 16.1. The van der Waals surface area contributed by atoms with Gasteiger partial charge in [0.25, 0.3) is 5.91 Å². The van der Waals surface area contributed by atoms with E-state index in [0.717, 1.165) is 5.56 Å². The highest BCUT2D eigenvalue weighted by Crippen LogP contribution is 2.23. The normalized spacial score (nSPS) is 10.5. The Kier molecular flexibility index (Phi) is 5.60.